The van der Waals surface area contributed by atoms with E-state index in [9.17, 15) is 5.11 Å². The lowest BCUT2D eigenvalue weighted by molar-refractivity contribution is 0.475. The maximum absolute atomic E-state index is 9.31. The zero-order valence-corrected chi connectivity index (χ0v) is 12.2. The third kappa shape index (κ3) is 2.81. The highest BCUT2D eigenvalue weighted by Crippen LogP contribution is 2.25. The van der Waals surface area contributed by atoms with Gasteiger partial charge in [0.1, 0.15) is 5.75 Å². The number of benzene rings is 1. The van der Waals surface area contributed by atoms with Crippen LogP contribution in [0.25, 0.3) is 5.69 Å². The Morgan fingerprint density at radius 3 is 2.80 bits per heavy atom. The Hall–Kier alpha value is -1.93. The molecule has 0 saturated heterocycles. The van der Waals surface area contributed by atoms with Gasteiger partial charge in [0.05, 0.1) is 10.7 Å². The molecule has 6 nitrogen and oxygen atoms in total. The molecule has 0 amide bonds. The minimum Gasteiger partial charge on any atom is -0.508 e. The number of nitrogens with zero attached hydrogens (tertiary/aromatic N) is 5. The molecule has 8 heteroatoms. The second kappa shape index (κ2) is 5.59. The Kier molecular flexibility index (Phi) is 3.66. The summed E-state index contributed by atoms with van der Waals surface area (Å²) in [4.78, 5) is 5.41. The summed E-state index contributed by atoms with van der Waals surface area (Å²) in [5.41, 5.74) is 0.816. The Balaban J connectivity index is 1.78. The van der Waals surface area contributed by atoms with Crippen molar-refractivity contribution in [2.45, 2.75) is 17.8 Å². The van der Waals surface area contributed by atoms with Crippen molar-refractivity contribution in [2.75, 3.05) is 0 Å². The normalized spacial score (nSPS) is 10.8. The van der Waals surface area contributed by atoms with Crippen LogP contribution in [0.15, 0.2) is 35.6 Å². The van der Waals surface area contributed by atoms with Gasteiger partial charge in [0.15, 0.2) is 0 Å². The van der Waals surface area contributed by atoms with Crippen LogP contribution in [0.2, 0.25) is 0 Å². The fourth-order valence-electron chi connectivity index (χ4n) is 1.63. The molecule has 0 aliphatic heterocycles. The monoisotopic (exact) mass is 305 g/mol. The molecule has 1 aromatic carbocycles. The standard InChI is InChI=1S/C12H11N5OS2/c1-8-13-6-11(20-8)7-19-12-14-15-16-17(12)9-2-4-10(18)5-3-9/h2-6,18H,7H2,1H3. The van der Waals surface area contributed by atoms with E-state index in [4.69, 9.17) is 0 Å². The Bertz CT molecular complexity index is 707. The summed E-state index contributed by atoms with van der Waals surface area (Å²) in [7, 11) is 0. The van der Waals surface area contributed by atoms with Crippen LogP contribution in [0.3, 0.4) is 0 Å². The lowest BCUT2D eigenvalue weighted by atomic mass is 10.3. The predicted molar refractivity (Wildman–Crippen MR) is 77.2 cm³/mol. The first-order chi connectivity index (χ1) is 9.72. The van der Waals surface area contributed by atoms with E-state index in [0.29, 0.717) is 5.16 Å². The van der Waals surface area contributed by atoms with Crippen LogP contribution in [0.4, 0.5) is 0 Å². The number of rotatable bonds is 4. The molecule has 0 fully saturated rings. The van der Waals surface area contributed by atoms with E-state index >= 15 is 0 Å². The van der Waals surface area contributed by atoms with Crippen molar-refractivity contribution in [3.63, 3.8) is 0 Å². The molecule has 20 heavy (non-hydrogen) atoms. The van der Waals surface area contributed by atoms with Crippen molar-refractivity contribution >= 4 is 23.1 Å². The maximum atomic E-state index is 9.31. The molecule has 0 spiro atoms. The van der Waals surface area contributed by atoms with Crippen LogP contribution in [0, 0.1) is 6.92 Å². The summed E-state index contributed by atoms with van der Waals surface area (Å²) in [6.07, 6.45) is 1.88. The van der Waals surface area contributed by atoms with Crippen LogP contribution < -0.4 is 0 Å². The summed E-state index contributed by atoms with van der Waals surface area (Å²) >= 11 is 3.22. The zero-order chi connectivity index (χ0) is 13.9. The van der Waals surface area contributed by atoms with Gasteiger partial charge in [-0.15, -0.1) is 16.4 Å². The molecule has 2 heterocycles. The molecule has 1 N–H and O–H groups in total. The first kappa shape index (κ1) is 13.1. The molecule has 2 aromatic heterocycles. The molecule has 0 radical (unpaired) electrons. The maximum Gasteiger partial charge on any atom is 0.214 e. The zero-order valence-electron chi connectivity index (χ0n) is 10.6. The number of thiazole rings is 1. The second-order valence-corrected chi connectivity index (χ2v) is 6.29. The third-order valence-electron chi connectivity index (χ3n) is 2.55. The summed E-state index contributed by atoms with van der Waals surface area (Å²) in [6, 6.07) is 6.76. The molecule has 0 aliphatic rings. The quantitative estimate of drug-likeness (QED) is 0.746. The molecule has 0 atom stereocenters. The Morgan fingerprint density at radius 1 is 1.30 bits per heavy atom. The van der Waals surface area contributed by atoms with Crippen LogP contribution in [0.1, 0.15) is 9.88 Å². The predicted octanol–water partition coefficient (Wildman–Crippen LogP) is 2.43. The largest absolute Gasteiger partial charge is 0.508 e. The molecule has 102 valence electrons. The highest BCUT2D eigenvalue weighted by molar-refractivity contribution is 7.98. The number of thioether (sulfide) groups is 1. The van der Waals surface area contributed by atoms with Crippen molar-refractivity contribution in [2.24, 2.45) is 0 Å². The minimum atomic E-state index is 0.219. The van der Waals surface area contributed by atoms with E-state index in [1.165, 1.54) is 4.88 Å². The first-order valence-corrected chi connectivity index (χ1v) is 7.64. The van der Waals surface area contributed by atoms with Crippen molar-refractivity contribution in [3.05, 3.63) is 40.3 Å². The van der Waals surface area contributed by atoms with Crippen molar-refractivity contribution in [1.82, 2.24) is 25.2 Å². The lowest BCUT2D eigenvalue weighted by Crippen LogP contribution is -1.98. The number of phenolic OH excluding ortho intramolecular Hbond substituents is 1. The van der Waals surface area contributed by atoms with Gasteiger partial charge >= 0.3 is 0 Å². The molecule has 3 rings (SSSR count). The number of aromatic hydroxyl groups is 1. The molecular weight excluding hydrogens is 294 g/mol. The van der Waals surface area contributed by atoms with Gasteiger partial charge in [0.2, 0.25) is 5.16 Å². The van der Waals surface area contributed by atoms with Gasteiger partial charge in [-0.2, -0.15) is 4.68 Å². The fourth-order valence-corrected chi connectivity index (χ4v) is 3.34. The number of phenols is 1. The average Bonchev–Trinajstić information content (AvgIpc) is 3.06. The Labute approximate surface area is 123 Å². The average molecular weight is 305 g/mol. The van der Waals surface area contributed by atoms with Gasteiger partial charge < -0.3 is 5.11 Å². The van der Waals surface area contributed by atoms with Gasteiger partial charge in [0, 0.05) is 16.8 Å². The van der Waals surface area contributed by atoms with E-state index in [2.05, 4.69) is 20.5 Å². The fraction of sp³-hybridized carbons (Fsp3) is 0.167. The summed E-state index contributed by atoms with van der Waals surface area (Å²) in [5, 5.41) is 22.8. The van der Waals surface area contributed by atoms with Gasteiger partial charge in [-0.1, -0.05) is 11.8 Å². The number of aromatic nitrogens is 5. The summed E-state index contributed by atoms with van der Waals surface area (Å²) in [6.45, 7) is 1.99. The van der Waals surface area contributed by atoms with E-state index < -0.39 is 0 Å². The van der Waals surface area contributed by atoms with Gasteiger partial charge in [-0.25, -0.2) is 4.98 Å². The van der Waals surface area contributed by atoms with E-state index in [1.807, 2.05) is 13.1 Å². The second-order valence-electron chi connectivity index (χ2n) is 4.02. The van der Waals surface area contributed by atoms with Crippen molar-refractivity contribution in [3.8, 4) is 11.4 Å². The van der Waals surface area contributed by atoms with Crippen LogP contribution in [-0.2, 0) is 5.75 Å². The van der Waals surface area contributed by atoms with E-state index in [0.717, 1.165) is 16.4 Å². The minimum absolute atomic E-state index is 0.219. The number of hydrogen-bond acceptors (Lipinski definition) is 7. The smallest absolute Gasteiger partial charge is 0.214 e. The van der Waals surface area contributed by atoms with Gasteiger partial charge in [-0.3, -0.25) is 0 Å². The summed E-state index contributed by atoms with van der Waals surface area (Å²) in [5.74, 6) is 1.00. The van der Waals surface area contributed by atoms with Gasteiger partial charge in [0.25, 0.3) is 0 Å². The molecule has 0 bridgehead atoms. The lowest BCUT2D eigenvalue weighted by Gasteiger charge is -2.03. The third-order valence-corrected chi connectivity index (χ3v) is 4.61. The summed E-state index contributed by atoms with van der Waals surface area (Å²) < 4.78 is 1.65. The topological polar surface area (TPSA) is 76.7 Å². The first-order valence-electron chi connectivity index (χ1n) is 5.84. The van der Waals surface area contributed by atoms with Crippen LogP contribution in [0.5, 0.6) is 5.75 Å². The highest BCUT2D eigenvalue weighted by atomic mass is 32.2. The van der Waals surface area contributed by atoms with Crippen LogP contribution in [-0.4, -0.2) is 30.3 Å². The SMILES string of the molecule is Cc1ncc(CSc2nnnn2-c2ccc(O)cc2)s1. The molecule has 0 aliphatic carbocycles. The molecular formula is C12H11N5OS2. The number of aryl methyl sites for hydroxylation is 1. The van der Waals surface area contributed by atoms with Crippen LogP contribution >= 0.6 is 23.1 Å². The van der Waals surface area contributed by atoms with E-state index in [1.54, 1.807) is 52.0 Å². The van der Waals surface area contributed by atoms with Gasteiger partial charge in [-0.05, 0) is 41.6 Å². The molecule has 3 aromatic rings. The number of tetrazole rings is 1. The number of hydrogen-bond donors (Lipinski definition) is 1. The van der Waals surface area contributed by atoms with Crippen molar-refractivity contribution < 1.29 is 5.11 Å². The highest BCUT2D eigenvalue weighted by Gasteiger charge is 2.10. The Morgan fingerprint density at radius 2 is 2.10 bits per heavy atom. The van der Waals surface area contributed by atoms with Crippen molar-refractivity contribution in [1.29, 1.82) is 0 Å². The van der Waals surface area contributed by atoms with E-state index in [-0.39, 0.29) is 5.75 Å². The molecule has 0 unspecified atom stereocenters. The molecule has 0 saturated carbocycles.